The second-order valence-corrected chi connectivity index (χ2v) is 3.58. The van der Waals surface area contributed by atoms with Crippen LogP contribution in [0.4, 0.5) is 0 Å². The Hall–Kier alpha value is -1.43. The monoisotopic (exact) mass is 269 g/mol. The quantitative estimate of drug-likeness (QED) is 0.837. The van der Waals surface area contributed by atoms with Crippen molar-refractivity contribution in [1.82, 2.24) is 15.2 Å². The molecule has 2 rings (SSSR count). The van der Waals surface area contributed by atoms with Gasteiger partial charge in [0.05, 0.1) is 13.3 Å². The van der Waals surface area contributed by atoms with Crippen LogP contribution in [0.3, 0.4) is 0 Å². The van der Waals surface area contributed by atoms with E-state index >= 15 is 0 Å². The highest BCUT2D eigenvalue weighted by Gasteiger charge is 2.11. The second-order valence-electron chi connectivity index (χ2n) is 2.90. The number of aromatic nitrogens is 3. The summed E-state index contributed by atoms with van der Waals surface area (Å²) >= 11 is 3.09. The molecule has 0 spiro atoms. The molecule has 5 nitrogen and oxygen atoms in total. The van der Waals surface area contributed by atoms with Crippen molar-refractivity contribution in [1.29, 1.82) is 0 Å². The smallest absolute Gasteiger partial charge is 0.285 e. The van der Waals surface area contributed by atoms with Crippen molar-refractivity contribution in [3.8, 4) is 17.3 Å². The molecule has 0 unspecified atom stereocenters. The van der Waals surface area contributed by atoms with E-state index in [1.807, 2.05) is 13.0 Å². The van der Waals surface area contributed by atoms with Gasteiger partial charge in [-0.2, -0.15) is 0 Å². The van der Waals surface area contributed by atoms with Gasteiger partial charge >= 0.3 is 0 Å². The van der Waals surface area contributed by atoms with Gasteiger partial charge in [0.1, 0.15) is 11.4 Å². The minimum Gasteiger partial charge on any atom is -0.495 e. The Morgan fingerprint density at radius 2 is 2.20 bits per heavy atom. The highest BCUT2D eigenvalue weighted by atomic mass is 79.9. The zero-order valence-corrected chi connectivity index (χ0v) is 9.78. The first-order valence-corrected chi connectivity index (χ1v) is 5.00. The Morgan fingerprint density at radius 1 is 1.40 bits per heavy atom. The third-order valence-electron chi connectivity index (χ3n) is 1.89. The fourth-order valence-corrected chi connectivity index (χ4v) is 1.42. The molecule has 2 aromatic heterocycles. The van der Waals surface area contributed by atoms with E-state index in [1.54, 1.807) is 13.3 Å². The highest BCUT2D eigenvalue weighted by Crippen LogP contribution is 2.23. The number of hydrogen-bond acceptors (Lipinski definition) is 5. The van der Waals surface area contributed by atoms with Crippen molar-refractivity contribution >= 4 is 15.9 Å². The minimum absolute atomic E-state index is 0.342. The number of rotatable bonds is 2. The van der Waals surface area contributed by atoms with Gasteiger partial charge in [-0.15, -0.1) is 10.2 Å². The number of pyridine rings is 1. The van der Waals surface area contributed by atoms with Gasteiger partial charge in [0.15, 0.2) is 0 Å². The molecule has 0 amide bonds. The van der Waals surface area contributed by atoms with Crippen LogP contribution in [0.15, 0.2) is 21.5 Å². The third kappa shape index (κ3) is 1.99. The molecule has 6 heteroatoms. The predicted molar refractivity (Wildman–Crippen MR) is 56.5 cm³/mol. The van der Waals surface area contributed by atoms with E-state index in [2.05, 4.69) is 31.1 Å². The molecule has 78 valence electrons. The van der Waals surface area contributed by atoms with E-state index in [0.717, 1.165) is 5.56 Å². The summed E-state index contributed by atoms with van der Waals surface area (Å²) in [6.45, 7) is 1.91. The third-order valence-corrected chi connectivity index (χ3v) is 2.21. The maximum absolute atomic E-state index is 5.22. The van der Waals surface area contributed by atoms with E-state index in [-0.39, 0.29) is 0 Å². The zero-order chi connectivity index (χ0) is 10.8. The van der Waals surface area contributed by atoms with E-state index in [4.69, 9.17) is 9.15 Å². The lowest BCUT2D eigenvalue weighted by molar-refractivity contribution is 0.412. The predicted octanol–water partition coefficient (Wildman–Crippen LogP) is 2.21. The summed E-state index contributed by atoms with van der Waals surface area (Å²) in [5.41, 5.74) is 1.58. The number of nitrogens with zero attached hydrogens (tertiary/aromatic N) is 3. The fraction of sp³-hybridized carbons (Fsp3) is 0.222. The fourth-order valence-electron chi connectivity index (χ4n) is 1.19. The first kappa shape index (κ1) is 10.1. The number of aryl methyl sites for hydroxylation is 1. The average molecular weight is 270 g/mol. The molecule has 0 fully saturated rings. The second kappa shape index (κ2) is 3.98. The number of hydrogen-bond donors (Lipinski definition) is 0. The van der Waals surface area contributed by atoms with Crippen molar-refractivity contribution in [2.24, 2.45) is 0 Å². The van der Waals surface area contributed by atoms with Crippen molar-refractivity contribution in [3.05, 3.63) is 22.6 Å². The van der Waals surface area contributed by atoms with E-state index in [1.165, 1.54) is 0 Å². The van der Waals surface area contributed by atoms with Crippen LogP contribution in [0, 0.1) is 6.92 Å². The molecule has 0 saturated heterocycles. The Balaban J connectivity index is 2.45. The summed E-state index contributed by atoms with van der Waals surface area (Å²) in [6.07, 6.45) is 1.61. The van der Waals surface area contributed by atoms with Gasteiger partial charge in [0.2, 0.25) is 0 Å². The lowest BCUT2D eigenvalue weighted by atomic mass is 10.2. The van der Waals surface area contributed by atoms with Crippen LogP contribution in [0.5, 0.6) is 5.75 Å². The van der Waals surface area contributed by atoms with Crippen LogP contribution >= 0.6 is 15.9 Å². The Morgan fingerprint density at radius 3 is 2.73 bits per heavy atom. The summed E-state index contributed by atoms with van der Waals surface area (Å²) < 4.78 is 10.3. The Bertz CT molecular complexity index is 484. The van der Waals surface area contributed by atoms with Gasteiger partial charge in [-0.3, -0.25) is 0 Å². The largest absolute Gasteiger partial charge is 0.495 e. The molecule has 0 aliphatic carbocycles. The van der Waals surface area contributed by atoms with Crippen LogP contribution in [-0.2, 0) is 0 Å². The van der Waals surface area contributed by atoms with Gasteiger partial charge in [-0.1, -0.05) is 0 Å². The van der Waals surface area contributed by atoms with Gasteiger partial charge < -0.3 is 9.15 Å². The first-order valence-electron chi connectivity index (χ1n) is 4.20. The molecule has 0 aromatic carbocycles. The molecule has 0 aliphatic rings. The number of halogens is 1. The minimum atomic E-state index is 0.342. The Kier molecular flexibility index (Phi) is 2.68. The highest BCUT2D eigenvalue weighted by molar-refractivity contribution is 9.10. The van der Waals surface area contributed by atoms with Crippen LogP contribution in [0.2, 0.25) is 0 Å². The molecule has 0 saturated carbocycles. The van der Waals surface area contributed by atoms with Crippen molar-refractivity contribution in [2.75, 3.05) is 7.11 Å². The van der Waals surface area contributed by atoms with Crippen molar-refractivity contribution in [2.45, 2.75) is 6.92 Å². The van der Waals surface area contributed by atoms with Gasteiger partial charge in [0.25, 0.3) is 10.7 Å². The summed E-state index contributed by atoms with van der Waals surface area (Å²) in [4.78, 5) is 4.53. The summed E-state index contributed by atoms with van der Waals surface area (Å²) in [5.74, 6) is 1.09. The summed E-state index contributed by atoms with van der Waals surface area (Å²) in [5, 5.41) is 7.54. The lowest BCUT2D eigenvalue weighted by Crippen LogP contribution is -1.91. The molecule has 0 bridgehead atoms. The Labute approximate surface area is 94.6 Å². The van der Waals surface area contributed by atoms with Gasteiger partial charge in [-0.25, -0.2) is 4.98 Å². The standard InChI is InChI=1S/C9H8BrN3O2/c1-5-3-6(14-2)4-11-7(5)8-12-13-9(10)15-8/h3-4H,1-2H3. The van der Waals surface area contributed by atoms with Crippen molar-refractivity contribution in [3.63, 3.8) is 0 Å². The van der Waals surface area contributed by atoms with Crippen molar-refractivity contribution < 1.29 is 9.15 Å². The summed E-state index contributed by atoms with van der Waals surface area (Å²) in [6, 6.07) is 1.86. The maximum Gasteiger partial charge on any atom is 0.285 e. The van der Waals surface area contributed by atoms with Crippen LogP contribution in [-0.4, -0.2) is 22.3 Å². The van der Waals surface area contributed by atoms with Crippen LogP contribution in [0.1, 0.15) is 5.56 Å². The molecule has 2 aromatic rings. The van der Waals surface area contributed by atoms with E-state index in [0.29, 0.717) is 22.1 Å². The van der Waals surface area contributed by atoms with Gasteiger partial charge in [-0.05, 0) is 18.6 Å². The molecule has 15 heavy (non-hydrogen) atoms. The molecule has 0 radical (unpaired) electrons. The zero-order valence-electron chi connectivity index (χ0n) is 8.19. The number of methoxy groups -OCH3 is 1. The van der Waals surface area contributed by atoms with Crippen LogP contribution < -0.4 is 4.74 Å². The maximum atomic E-state index is 5.22. The van der Waals surface area contributed by atoms with E-state index < -0.39 is 0 Å². The lowest BCUT2D eigenvalue weighted by Gasteiger charge is -2.02. The first-order chi connectivity index (χ1) is 7.20. The normalized spacial score (nSPS) is 10.3. The van der Waals surface area contributed by atoms with Crippen LogP contribution in [0.25, 0.3) is 11.6 Å². The molecule has 0 aliphatic heterocycles. The topological polar surface area (TPSA) is 61.0 Å². The molecular formula is C9H8BrN3O2. The molecule has 2 heterocycles. The van der Waals surface area contributed by atoms with E-state index in [9.17, 15) is 0 Å². The molecular weight excluding hydrogens is 262 g/mol. The number of ether oxygens (including phenoxy) is 1. The molecule has 0 atom stereocenters. The average Bonchev–Trinajstić information content (AvgIpc) is 2.64. The summed E-state index contributed by atoms with van der Waals surface area (Å²) in [7, 11) is 1.60. The van der Waals surface area contributed by atoms with Gasteiger partial charge in [0, 0.05) is 15.9 Å². The SMILES string of the molecule is COc1cnc(-c2nnc(Br)o2)c(C)c1. The molecule has 0 N–H and O–H groups in total.